The van der Waals surface area contributed by atoms with Crippen LogP contribution in [0.2, 0.25) is 5.02 Å². The number of halogens is 1. The van der Waals surface area contributed by atoms with Gasteiger partial charge in [-0.25, -0.2) is 0 Å². The number of rotatable bonds is 5. The Morgan fingerprint density at radius 2 is 2.00 bits per heavy atom. The molecular weight excluding hydrogens is 320 g/mol. The number of nitrogens with one attached hydrogen (secondary N) is 1. The summed E-state index contributed by atoms with van der Waals surface area (Å²) in [6, 6.07) is 9.69. The third-order valence-corrected chi connectivity index (χ3v) is 3.38. The second-order valence-corrected chi connectivity index (χ2v) is 5.46. The average Bonchev–Trinajstić information content (AvgIpc) is 2.49. The summed E-state index contributed by atoms with van der Waals surface area (Å²) in [6.45, 7) is 3.23. The molecule has 0 spiro atoms. The van der Waals surface area contributed by atoms with Crippen LogP contribution in [0.5, 0.6) is 5.75 Å². The molecule has 0 aliphatic carbocycles. The minimum Gasteiger partial charge on any atom is -0.477 e. The van der Waals surface area contributed by atoms with Crippen LogP contribution in [0.1, 0.15) is 11.1 Å². The number of benzene rings is 2. The van der Waals surface area contributed by atoms with Crippen molar-refractivity contribution < 1.29 is 14.5 Å². The van der Waals surface area contributed by atoms with Crippen LogP contribution >= 0.6 is 11.6 Å². The molecule has 0 aliphatic heterocycles. The highest BCUT2D eigenvalue weighted by molar-refractivity contribution is 6.31. The lowest BCUT2D eigenvalue weighted by molar-refractivity contribution is -0.385. The van der Waals surface area contributed by atoms with Gasteiger partial charge in [-0.1, -0.05) is 23.7 Å². The molecule has 1 N–H and O–H groups in total. The number of hydrogen-bond donors (Lipinski definition) is 1. The van der Waals surface area contributed by atoms with Crippen LogP contribution in [0.25, 0.3) is 0 Å². The topological polar surface area (TPSA) is 81.5 Å². The van der Waals surface area contributed by atoms with Gasteiger partial charge in [-0.3, -0.25) is 14.9 Å². The third kappa shape index (κ3) is 4.43. The molecule has 0 saturated carbocycles. The fourth-order valence-corrected chi connectivity index (χ4v) is 2.12. The van der Waals surface area contributed by atoms with E-state index in [1.54, 1.807) is 31.2 Å². The van der Waals surface area contributed by atoms with Gasteiger partial charge in [0.1, 0.15) is 0 Å². The Balaban J connectivity index is 2.05. The predicted octanol–water partition coefficient (Wildman–Crippen LogP) is 3.88. The molecule has 0 heterocycles. The lowest BCUT2D eigenvalue weighted by atomic mass is 10.2. The average molecular weight is 335 g/mol. The predicted molar refractivity (Wildman–Crippen MR) is 88.1 cm³/mol. The smallest absolute Gasteiger partial charge is 0.311 e. The number of carbonyl (C=O) groups excluding carboxylic acids is 1. The molecule has 0 unspecified atom stereocenters. The maximum Gasteiger partial charge on any atom is 0.311 e. The monoisotopic (exact) mass is 334 g/mol. The largest absolute Gasteiger partial charge is 0.477 e. The van der Waals surface area contributed by atoms with Gasteiger partial charge >= 0.3 is 5.69 Å². The number of anilines is 1. The first-order chi connectivity index (χ1) is 10.9. The molecule has 0 aliphatic rings. The summed E-state index contributed by atoms with van der Waals surface area (Å²) in [4.78, 5) is 22.4. The second-order valence-electron chi connectivity index (χ2n) is 5.02. The Kier molecular flexibility index (Phi) is 5.18. The normalized spacial score (nSPS) is 10.2. The standard InChI is InChI=1S/C16H15ClN2O4/c1-10-3-6-15(14(7-10)19(21)22)23-9-16(20)18-13-8-12(17)5-4-11(13)2/h3-8H,9H2,1-2H3,(H,18,20). The van der Waals surface area contributed by atoms with E-state index < -0.39 is 10.8 Å². The van der Waals surface area contributed by atoms with E-state index in [4.69, 9.17) is 16.3 Å². The highest BCUT2D eigenvalue weighted by Gasteiger charge is 2.16. The van der Waals surface area contributed by atoms with Crippen LogP contribution in [0.3, 0.4) is 0 Å². The van der Waals surface area contributed by atoms with Gasteiger partial charge in [0.15, 0.2) is 12.4 Å². The minimum absolute atomic E-state index is 0.0542. The Hall–Kier alpha value is -2.60. The van der Waals surface area contributed by atoms with E-state index in [9.17, 15) is 14.9 Å². The molecule has 0 radical (unpaired) electrons. The number of carbonyl (C=O) groups is 1. The Bertz CT molecular complexity index is 762. The van der Waals surface area contributed by atoms with Gasteiger partial charge < -0.3 is 10.1 Å². The molecule has 0 atom stereocenters. The van der Waals surface area contributed by atoms with Crippen molar-refractivity contribution in [3.05, 3.63) is 62.7 Å². The van der Waals surface area contributed by atoms with Gasteiger partial charge in [0.25, 0.3) is 5.91 Å². The van der Waals surface area contributed by atoms with Crippen molar-refractivity contribution in [1.29, 1.82) is 0 Å². The molecule has 0 fully saturated rings. The van der Waals surface area contributed by atoms with Gasteiger partial charge in [-0.2, -0.15) is 0 Å². The molecule has 0 bridgehead atoms. The summed E-state index contributed by atoms with van der Waals surface area (Å²) in [5, 5.41) is 14.2. The van der Waals surface area contributed by atoms with Crippen LogP contribution < -0.4 is 10.1 Å². The number of nitro benzene ring substituents is 1. The molecule has 120 valence electrons. The van der Waals surface area contributed by atoms with Gasteiger partial charge in [0.05, 0.1) is 4.92 Å². The van der Waals surface area contributed by atoms with Crippen molar-refractivity contribution >= 4 is 28.9 Å². The molecule has 7 heteroatoms. The van der Waals surface area contributed by atoms with Crippen LogP contribution in [0.15, 0.2) is 36.4 Å². The number of nitrogens with zero attached hydrogens (tertiary/aromatic N) is 1. The zero-order valence-corrected chi connectivity index (χ0v) is 13.4. The molecular formula is C16H15ClN2O4. The number of amides is 1. The maximum absolute atomic E-state index is 11.9. The number of nitro groups is 1. The summed E-state index contributed by atoms with van der Waals surface area (Å²) in [7, 11) is 0. The van der Waals surface area contributed by atoms with Gasteiger partial charge in [-0.05, 0) is 43.2 Å². The van der Waals surface area contributed by atoms with Gasteiger partial charge in [0.2, 0.25) is 0 Å². The summed E-state index contributed by atoms with van der Waals surface area (Å²) >= 11 is 5.89. The van der Waals surface area contributed by atoms with Crippen molar-refractivity contribution in [2.75, 3.05) is 11.9 Å². The van der Waals surface area contributed by atoms with Crippen molar-refractivity contribution in [2.45, 2.75) is 13.8 Å². The molecule has 6 nitrogen and oxygen atoms in total. The van der Waals surface area contributed by atoms with Crippen molar-refractivity contribution in [2.24, 2.45) is 0 Å². The Morgan fingerprint density at radius 3 is 2.70 bits per heavy atom. The first kappa shape index (κ1) is 16.8. The molecule has 23 heavy (non-hydrogen) atoms. The Morgan fingerprint density at radius 1 is 1.26 bits per heavy atom. The Labute approximate surface area is 138 Å². The molecule has 2 aromatic carbocycles. The first-order valence-electron chi connectivity index (χ1n) is 6.80. The van der Waals surface area contributed by atoms with E-state index in [0.717, 1.165) is 11.1 Å². The van der Waals surface area contributed by atoms with Crippen LogP contribution in [0, 0.1) is 24.0 Å². The second kappa shape index (κ2) is 7.11. The number of aryl methyl sites for hydroxylation is 2. The minimum atomic E-state index is -0.540. The quantitative estimate of drug-likeness (QED) is 0.664. The van der Waals surface area contributed by atoms with Crippen molar-refractivity contribution in [3.63, 3.8) is 0 Å². The highest BCUT2D eigenvalue weighted by Crippen LogP contribution is 2.27. The van der Waals surface area contributed by atoms with E-state index in [1.165, 1.54) is 12.1 Å². The van der Waals surface area contributed by atoms with E-state index in [1.807, 2.05) is 6.92 Å². The van der Waals surface area contributed by atoms with E-state index in [2.05, 4.69) is 5.32 Å². The zero-order chi connectivity index (χ0) is 17.0. The van der Waals surface area contributed by atoms with E-state index in [0.29, 0.717) is 10.7 Å². The lowest BCUT2D eigenvalue weighted by Gasteiger charge is -2.10. The fourth-order valence-electron chi connectivity index (χ4n) is 1.95. The van der Waals surface area contributed by atoms with Gasteiger partial charge in [-0.15, -0.1) is 0 Å². The van der Waals surface area contributed by atoms with Crippen molar-refractivity contribution in [3.8, 4) is 5.75 Å². The summed E-state index contributed by atoms with van der Waals surface area (Å²) in [5.41, 5.74) is 1.99. The van der Waals surface area contributed by atoms with Crippen LogP contribution in [-0.4, -0.2) is 17.4 Å². The third-order valence-electron chi connectivity index (χ3n) is 3.14. The highest BCUT2D eigenvalue weighted by atomic mass is 35.5. The first-order valence-corrected chi connectivity index (χ1v) is 7.18. The number of hydrogen-bond acceptors (Lipinski definition) is 4. The molecule has 1 amide bonds. The molecule has 0 saturated heterocycles. The lowest BCUT2D eigenvalue weighted by Crippen LogP contribution is -2.21. The summed E-state index contributed by atoms with van der Waals surface area (Å²) in [5.74, 6) is -0.371. The SMILES string of the molecule is Cc1ccc(OCC(=O)Nc2cc(Cl)ccc2C)c([N+](=O)[O-])c1. The molecule has 2 aromatic rings. The maximum atomic E-state index is 11.9. The summed E-state index contributed by atoms with van der Waals surface area (Å²) in [6.07, 6.45) is 0. The molecule has 0 aromatic heterocycles. The number of ether oxygens (including phenoxy) is 1. The molecule has 2 rings (SSSR count). The van der Waals surface area contributed by atoms with Crippen molar-refractivity contribution in [1.82, 2.24) is 0 Å². The fraction of sp³-hybridized carbons (Fsp3) is 0.188. The van der Waals surface area contributed by atoms with E-state index >= 15 is 0 Å². The van der Waals surface area contributed by atoms with Crippen LogP contribution in [0.4, 0.5) is 11.4 Å². The van der Waals surface area contributed by atoms with E-state index in [-0.39, 0.29) is 18.0 Å². The van der Waals surface area contributed by atoms with Crippen LogP contribution in [-0.2, 0) is 4.79 Å². The zero-order valence-electron chi connectivity index (χ0n) is 12.6. The van der Waals surface area contributed by atoms with Gasteiger partial charge in [0, 0.05) is 16.8 Å². The summed E-state index contributed by atoms with van der Waals surface area (Å²) < 4.78 is 5.27.